The zero-order chi connectivity index (χ0) is 20.2. The maximum Gasteiger partial charge on any atom is 0.243 e. The molecule has 1 amide bonds. The van der Waals surface area contributed by atoms with Crippen LogP contribution in [0.25, 0.3) is 16.8 Å². The van der Waals surface area contributed by atoms with Gasteiger partial charge in [0, 0.05) is 5.69 Å². The van der Waals surface area contributed by atoms with E-state index in [-0.39, 0.29) is 12.5 Å². The van der Waals surface area contributed by atoms with Crippen LogP contribution in [0.4, 0.5) is 11.5 Å². The van der Waals surface area contributed by atoms with Crippen LogP contribution < -0.4 is 15.4 Å². The molecule has 0 aliphatic heterocycles. The molecule has 0 aliphatic rings. The molecule has 2 aromatic heterocycles. The summed E-state index contributed by atoms with van der Waals surface area (Å²) in [5.41, 5.74) is 3.48. The second kappa shape index (κ2) is 7.97. The number of carbonyl (C=O) groups excluding carboxylic acids is 1. The van der Waals surface area contributed by atoms with Gasteiger partial charge >= 0.3 is 0 Å². The van der Waals surface area contributed by atoms with Crippen LogP contribution in [0, 0.1) is 6.92 Å². The number of ether oxygens (including phenoxy) is 1. The van der Waals surface area contributed by atoms with Crippen LogP contribution in [0.5, 0.6) is 5.75 Å². The largest absolute Gasteiger partial charge is 0.497 e. The Bertz CT molecular complexity index is 1150. The van der Waals surface area contributed by atoms with E-state index in [4.69, 9.17) is 4.74 Å². The van der Waals surface area contributed by atoms with Crippen molar-refractivity contribution < 1.29 is 9.53 Å². The Balaban J connectivity index is 1.37. The zero-order valence-electron chi connectivity index (χ0n) is 16.1. The van der Waals surface area contributed by atoms with E-state index in [0.29, 0.717) is 17.3 Å². The van der Waals surface area contributed by atoms with E-state index in [1.807, 2.05) is 55.5 Å². The van der Waals surface area contributed by atoms with E-state index in [1.54, 1.807) is 23.8 Å². The highest BCUT2D eigenvalue weighted by Gasteiger charge is 2.07. The first-order valence-electron chi connectivity index (χ1n) is 9.10. The number of methoxy groups -OCH3 is 1. The number of aromatic nitrogens is 4. The number of aryl methyl sites for hydroxylation is 1. The van der Waals surface area contributed by atoms with E-state index < -0.39 is 0 Å². The van der Waals surface area contributed by atoms with Gasteiger partial charge in [-0.05, 0) is 54.4 Å². The molecule has 146 valence electrons. The number of fused-ring (bicyclic) bond motifs is 1. The monoisotopic (exact) mass is 388 g/mol. The molecule has 0 unspecified atom stereocenters. The Morgan fingerprint density at radius 2 is 1.86 bits per heavy atom. The second-order valence-corrected chi connectivity index (χ2v) is 6.45. The molecular weight excluding hydrogens is 368 g/mol. The van der Waals surface area contributed by atoms with E-state index >= 15 is 0 Å². The topological polar surface area (TPSA) is 93.4 Å². The molecule has 0 radical (unpaired) electrons. The Hall–Kier alpha value is -3.94. The van der Waals surface area contributed by atoms with Crippen LogP contribution in [0.15, 0.2) is 60.7 Å². The van der Waals surface area contributed by atoms with Gasteiger partial charge in [0.05, 0.1) is 13.7 Å². The molecule has 0 fully saturated rings. The number of amides is 1. The molecule has 0 spiro atoms. The summed E-state index contributed by atoms with van der Waals surface area (Å²) in [6.07, 6.45) is 0. The molecule has 4 aromatic rings. The molecule has 2 heterocycles. The van der Waals surface area contributed by atoms with Crippen molar-refractivity contribution in [3.05, 3.63) is 66.5 Å². The minimum Gasteiger partial charge on any atom is -0.497 e. The van der Waals surface area contributed by atoms with Crippen LogP contribution in [-0.2, 0) is 4.79 Å². The Kier molecular flexibility index (Phi) is 5.07. The van der Waals surface area contributed by atoms with Crippen molar-refractivity contribution in [2.24, 2.45) is 0 Å². The summed E-state index contributed by atoms with van der Waals surface area (Å²) >= 11 is 0. The molecule has 0 saturated heterocycles. The molecule has 0 bridgehead atoms. The molecule has 8 heteroatoms. The molecular formula is C21H20N6O2. The SMILES string of the molecule is COc1cccc(-c2ccc(NC(=O)CNc3ccc4nnc(C)n4n3)cc2)c1. The van der Waals surface area contributed by atoms with Crippen molar-refractivity contribution in [2.75, 3.05) is 24.3 Å². The maximum absolute atomic E-state index is 12.3. The highest BCUT2D eigenvalue weighted by atomic mass is 16.5. The van der Waals surface area contributed by atoms with E-state index in [1.165, 1.54) is 0 Å². The first-order chi connectivity index (χ1) is 14.1. The lowest BCUT2D eigenvalue weighted by Crippen LogP contribution is -2.22. The van der Waals surface area contributed by atoms with Crippen LogP contribution in [-0.4, -0.2) is 39.4 Å². The number of nitrogens with one attached hydrogen (secondary N) is 2. The van der Waals surface area contributed by atoms with Gasteiger partial charge in [0.25, 0.3) is 0 Å². The summed E-state index contributed by atoms with van der Waals surface area (Å²) in [6, 6.07) is 19.1. The van der Waals surface area contributed by atoms with E-state index in [0.717, 1.165) is 22.6 Å². The number of hydrogen-bond acceptors (Lipinski definition) is 6. The van der Waals surface area contributed by atoms with Gasteiger partial charge < -0.3 is 15.4 Å². The third kappa shape index (κ3) is 4.16. The van der Waals surface area contributed by atoms with Crippen LogP contribution >= 0.6 is 0 Å². The number of nitrogens with zero attached hydrogens (tertiary/aromatic N) is 4. The summed E-state index contributed by atoms with van der Waals surface area (Å²) < 4.78 is 6.89. The fourth-order valence-corrected chi connectivity index (χ4v) is 2.92. The standard InChI is InChI=1S/C21H20N6O2/c1-14-24-25-20-11-10-19(26-27(14)20)22-13-21(28)23-17-8-6-15(7-9-17)16-4-3-5-18(12-16)29-2/h3-12H,13H2,1-2H3,(H,22,26)(H,23,28). The molecule has 2 N–H and O–H groups in total. The first kappa shape index (κ1) is 18.4. The van der Waals surface area contributed by atoms with Crippen molar-refractivity contribution in [1.82, 2.24) is 19.8 Å². The third-order valence-electron chi connectivity index (χ3n) is 4.42. The summed E-state index contributed by atoms with van der Waals surface area (Å²) in [4.78, 5) is 12.3. The molecule has 0 aliphatic carbocycles. The molecule has 8 nitrogen and oxygen atoms in total. The van der Waals surface area contributed by atoms with Crippen LogP contribution in [0.1, 0.15) is 5.82 Å². The highest BCUT2D eigenvalue weighted by molar-refractivity contribution is 5.93. The summed E-state index contributed by atoms with van der Waals surface area (Å²) in [6.45, 7) is 1.91. The van der Waals surface area contributed by atoms with Gasteiger partial charge in [-0.3, -0.25) is 4.79 Å². The van der Waals surface area contributed by atoms with Gasteiger partial charge in [-0.1, -0.05) is 24.3 Å². The third-order valence-corrected chi connectivity index (χ3v) is 4.42. The summed E-state index contributed by atoms with van der Waals surface area (Å²) in [5.74, 6) is 1.90. The minimum atomic E-state index is -0.165. The molecule has 2 aromatic carbocycles. The van der Waals surface area contributed by atoms with Crippen LogP contribution in [0.2, 0.25) is 0 Å². The Labute approximate surface area is 167 Å². The normalized spacial score (nSPS) is 10.7. The molecule has 4 rings (SSSR count). The average Bonchev–Trinajstić information content (AvgIpc) is 3.13. The smallest absolute Gasteiger partial charge is 0.243 e. The van der Waals surface area contributed by atoms with E-state index in [2.05, 4.69) is 25.9 Å². The van der Waals surface area contributed by atoms with Gasteiger partial charge in [0.15, 0.2) is 11.5 Å². The molecule has 0 atom stereocenters. The number of benzene rings is 2. The van der Waals surface area contributed by atoms with Crippen molar-refractivity contribution >= 4 is 23.1 Å². The lowest BCUT2D eigenvalue weighted by molar-refractivity contribution is -0.114. The summed E-state index contributed by atoms with van der Waals surface area (Å²) in [7, 11) is 1.65. The van der Waals surface area contributed by atoms with E-state index in [9.17, 15) is 4.79 Å². The lowest BCUT2D eigenvalue weighted by Gasteiger charge is -2.09. The van der Waals surface area contributed by atoms with Crippen molar-refractivity contribution in [3.8, 4) is 16.9 Å². The van der Waals surface area contributed by atoms with Crippen LogP contribution in [0.3, 0.4) is 0 Å². The Morgan fingerprint density at radius 1 is 1.03 bits per heavy atom. The second-order valence-electron chi connectivity index (χ2n) is 6.45. The van der Waals surface area contributed by atoms with Gasteiger partial charge in [-0.2, -0.15) is 4.52 Å². The quantitative estimate of drug-likeness (QED) is 0.527. The predicted molar refractivity (Wildman–Crippen MR) is 111 cm³/mol. The predicted octanol–water partition coefficient (Wildman–Crippen LogP) is 3.16. The van der Waals surface area contributed by atoms with Crippen molar-refractivity contribution in [3.63, 3.8) is 0 Å². The lowest BCUT2D eigenvalue weighted by atomic mass is 10.1. The minimum absolute atomic E-state index is 0.0946. The van der Waals surface area contributed by atoms with Gasteiger partial charge in [-0.15, -0.1) is 15.3 Å². The first-order valence-corrected chi connectivity index (χ1v) is 9.10. The molecule has 0 saturated carbocycles. The fourth-order valence-electron chi connectivity index (χ4n) is 2.92. The number of carbonyl (C=O) groups is 1. The highest BCUT2D eigenvalue weighted by Crippen LogP contribution is 2.25. The Morgan fingerprint density at radius 3 is 2.66 bits per heavy atom. The van der Waals surface area contributed by atoms with Gasteiger partial charge in [0.1, 0.15) is 11.6 Å². The van der Waals surface area contributed by atoms with Crippen molar-refractivity contribution in [1.29, 1.82) is 0 Å². The average molecular weight is 388 g/mol. The summed E-state index contributed by atoms with van der Waals surface area (Å²) in [5, 5.41) is 18.2. The number of hydrogen-bond donors (Lipinski definition) is 2. The van der Waals surface area contributed by atoms with Gasteiger partial charge in [0.2, 0.25) is 5.91 Å². The number of rotatable bonds is 6. The zero-order valence-corrected chi connectivity index (χ0v) is 16.1. The fraction of sp³-hybridized carbons (Fsp3) is 0.143. The van der Waals surface area contributed by atoms with Gasteiger partial charge in [-0.25, -0.2) is 0 Å². The maximum atomic E-state index is 12.3. The molecule has 29 heavy (non-hydrogen) atoms. The van der Waals surface area contributed by atoms with Crippen molar-refractivity contribution in [2.45, 2.75) is 6.92 Å². The number of anilines is 2.